The van der Waals surface area contributed by atoms with Crippen molar-refractivity contribution < 1.29 is 13.2 Å². The summed E-state index contributed by atoms with van der Waals surface area (Å²) in [5.74, 6) is 0. The number of halogens is 3. The summed E-state index contributed by atoms with van der Waals surface area (Å²) in [6, 6.07) is 0. The van der Waals surface area contributed by atoms with Gasteiger partial charge in [0.15, 0.2) is 5.17 Å². The van der Waals surface area contributed by atoms with E-state index < -0.39 is 12.6 Å². The number of aliphatic imine (C=N–C) groups is 1. The van der Waals surface area contributed by atoms with Crippen LogP contribution >= 0.6 is 11.8 Å². The number of nitrogens with zero attached hydrogens (tertiary/aromatic N) is 1. The number of nitrogens with one attached hydrogen (secondary N) is 1. The second-order valence-corrected chi connectivity index (χ2v) is 4.65. The molecular weight excluding hydrogens is 213 g/mol. The molecule has 1 rings (SSSR count). The summed E-state index contributed by atoms with van der Waals surface area (Å²) in [6.07, 6.45) is -4.66. The summed E-state index contributed by atoms with van der Waals surface area (Å²) < 4.78 is 35.3. The Morgan fingerprint density at radius 1 is 1.57 bits per heavy atom. The van der Waals surface area contributed by atoms with Gasteiger partial charge in [0.25, 0.3) is 0 Å². The SMILES string of the molecule is CC1CN=C(NCCCC(F)(F)F)S1. The molecule has 1 unspecified atom stereocenters. The Balaban J connectivity index is 2.05. The van der Waals surface area contributed by atoms with Crippen molar-refractivity contribution >= 4 is 16.9 Å². The summed E-state index contributed by atoms with van der Waals surface area (Å²) >= 11 is 1.58. The fourth-order valence-corrected chi connectivity index (χ4v) is 1.92. The Morgan fingerprint density at radius 2 is 2.29 bits per heavy atom. The fourth-order valence-electron chi connectivity index (χ4n) is 1.06. The molecule has 0 saturated heterocycles. The van der Waals surface area contributed by atoms with Crippen LogP contribution in [0, 0.1) is 0 Å². The molecule has 0 aromatic heterocycles. The molecule has 0 bridgehead atoms. The van der Waals surface area contributed by atoms with E-state index in [1.54, 1.807) is 11.8 Å². The van der Waals surface area contributed by atoms with Gasteiger partial charge in [-0.2, -0.15) is 13.2 Å². The Labute approximate surface area is 85.4 Å². The van der Waals surface area contributed by atoms with E-state index in [-0.39, 0.29) is 6.42 Å². The van der Waals surface area contributed by atoms with Crippen molar-refractivity contribution in [3.63, 3.8) is 0 Å². The van der Waals surface area contributed by atoms with Crippen LogP contribution in [0.2, 0.25) is 0 Å². The first-order valence-corrected chi connectivity index (χ1v) is 5.37. The molecule has 1 aliphatic heterocycles. The van der Waals surface area contributed by atoms with Gasteiger partial charge in [0.05, 0.1) is 6.54 Å². The molecule has 0 aromatic rings. The molecule has 0 aromatic carbocycles. The van der Waals surface area contributed by atoms with Crippen molar-refractivity contribution in [3.8, 4) is 0 Å². The van der Waals surface area contributed by atoms with Gasteiger partial charge in [-0.25, -0.2) is 0 Å². The lowest BCUT2D eigenvalue weighted by molar-refractivity contribution is -0.135. The summed E-state index contributed by atoms with van der Waals surface area (Å²) in [5.41, 5.74) is 0. The van der Waals surface area contributed by atoms with Crippen molar-refractivity contribution in [3.05, 3.63) is 0 Å². The zero-order valence-corrected chi connectivity index (χ0v) is 8.71. The lowest BCUT2D eigenvalue weighted by atomic mass is 10.3. The third kappa shape index (κ3) is 4.74. The topological polar surface area (TPSA) is 24.4 Å². The maximum absolute atomic E-state index is 11.8. The van der Waals surface area contributed by atoms with Gasteiger partial charge < -0.3 is 5.32 Å². The molecule has 14 heavy (non-hydrogen) atoms. The highest BCUT2D eigenvalue weighted by molar-refractivity contribution is 8.14. The van der Waals surface area contributed by atoms with Crippen LogP contribution in [0.1, 0.15) is 19.8 Å². The van der Waals surface area contributed by atoms with Gasteiger partial charge in [-0.1, -0.05) is 18.7 Å². The molecule has 0 amide bonds. The van der Waals surface area contributed by atoms with Crippen LogP contribution in [0.25, 0.3) is 0 Å². The van der Waals surface area contributed by atoms with E-state index in [2.05, 4.69) is 10.3 Å². The number of thioether (sulfide) groups is 1. The van der Waals surface area contributed by atoms with E-state index in [4.69, 9.17) is 0 Å². The molecule has 1 aliphatic rings. The number of hydrogen-bond acceptors (Lipinski definition) is 3. The van der Waals surface area contributed by atoms with E-state index in [1.165, 1.54) is 0 Å². The first-order chi connectivity index (χ1) is 6.47. The van der Waals surface area contributed by atoms with Gasteiger partial charge in [0.1, 0.15) is 0 Å². The summed E-state index contributed by atoms with van der Waals surface area (Å²) in [5, 5.41) is 4.12. The fraction of sp³-hybridized carbons (Fsp3) is 0.875. The van der Waals surface area contributed by atoms with Gasteiger partial charge in [-0.3, -0.25) is 4.99 Å². The van der Waals surface area contributed by atoms with Crippen molar-refractivity contribution in [2.75, 3.05) is 13.1 Å². The predicted octanol–water partition coefficient (Wildman–Crippen LogP) is 2.41. The Kier molecular flexibility index (Phi) is 4.10. The van der Waals surface area contributed by atoms with E-state index in [0.29, 0.717) is 11.8 Å². The number of rotatable bonds is 3. The highest BCUT2D eigenvalue weighted by Gasteiger charge is 2.26. The zero-order chi connectivity index (χ0) is 10.6. The van der Waals surface area contributed by atoms with Crippen LogP contribution in [-0.2, 0) is 0 Å². The third-order valence-electron chi connectivity index (χ3n) is 1.72. The number of alkyl halides is 3. The summed E-state index contributed by atoms with van der Waals surface area (Å²) in [4.78, 5) is 4.14. The third-order valence-corrected chi connectivity index (χ3v) is 2.77. The predicted molar refractivity (Wildman–Crippen MR) is 52.6 cm³/mol. The molecule has 0 fully saturated rings. The maximum Gasteiger partial charge on any atom is 0.389 e. The second-order valence-electron chi connectivity index (χ2n) is 3.22. The first-order valence-electron chi connectivity index (χ1n) is 4.49. The normalized spacial score (nSPS) is 22.3. The smallest absolute Gasteiger partial charge is 0.365 e. The van der Waals surface area contributed by atoms with Crippen molar-refractivity contribution in [1.82, 2.24) is 5.32 Å². The second kappa shape index (κ2) is 4.91. The summed E-state index contributed by atoms with van der Waals surface area (Å²) in [6.45, 7) is 3.14. The van der Waals surface area contributed by atoms with E-state index in [0.717, 1.165) is 11.7 Å². The lowest BCUT2D eigenvalue weighted by Crippen LogP contribution is -2.22. The highest BCUT2D eigenvalue weighted by Crippen LogP contribution is 2.21. The van der Waals surface area contributed by atoms with E-state index >= 15 is 0 Å². The molecule has 0 radical (unpaired) electrons. The van der Waals surface area contributed by atoms with Crippen molar-refractivity contribution in [2.24, 2.45) is 4.99 Å². The molecule has 0 aliphatic carbocycles. The average Bonchev–Trinajstić information content (AvgIpc) is 2.44. The minimum Gasteiger partial charge on any atom is -0.365 e. The summed E-state index contributed by atoms with van der Waals surface area (Å²) in [7, 11) is 0. The van der Waals surface area contributed by atoms with Crippen molar-refractivity contribution in [2.45, 2.75) is 31.2 Å². The van der Waals surface area contributed by atoms with Crippen molar-refractivity contribution in [1.29, 1.82) is 0 Å². The standard InChI is InChI=1S/C8H13F3N2S/c1-6-5-13-7(14-6)12-4-2-3-8(9,10)11/h6H,2-5H2,1H3,(H,12,13). The molecule has 0 spiro atoms. The largest absolute Gasteiger partial charge is 0.389 e. The van der Waals surface area contributed by atoms with Crippen LogP contribution in [0.4, 0.5) is 13.2 Å². The van der Waals surface area contributed by atoms with Crippen LogP contribution in [-0.4, -0.2) is 29.7 Å². The van der Waals surface area contributed by atoms with E-state index in [1.807, 2.05) is 6.92 Å². The minimum atomic E-state index is -4.04. The Hall–Kier alpha value is -0.390. The van der Waals surface area contributed by atoms with E-state index in [9.17, 15) is 13.2 Å². The number of amidine groups is 1. The minimum absolute atomic E-state index is 0.109. The molecule has 2 nitrogen and oxygen atoms in total. The Morgan fingerprint density at radius 3 is 2.79 bits per heavy atom. The molecule has 0 saturated carbocycles. The number of hydrogen-bond donors (Lipinski definition) is 1. The van der Waals surface area contributed by atoms with Gasteiger partial charge in [-0.15, -0.1) is 0 Å². The molecule has 6 heteroatoms. The molecule has 82 valence electrons. The molecule has 1 heterocycles. The van der Waals surface area contributed by atoms with Gasteiger partial charge >= 0.3 is 6.18 Å². The molecule has 1 N–H and O–H groups in total. The monoisotopic (exact) mass is 226 g/mol. The average molecular weight is 226 g/mol. The lowest BCUT2D eigenvalue weighted by Gasteiger charge is -2.07. The van der Waals surface area contributed by atoms with Gasteiger partial charge in [0.2, 0.25) is 0 Å². The quantitative estimate of drug-likeness (QED) is 0.747. The van der Waals surface area contributed by atoms with Crippen LogP contribution in [0.3, 0.4) is 0 Å². The van der Waals surface area contributed by atoms with Crippen LogP contribution < -0.4 is 5.32 Å². The van der Waals surface area contributed by atoms with Crippen LogP contribution in [0.5, 0.6) is 0 Å². The van der Waals surface area contributed by atoms with Gasteiger partial charge in [-0.05, 0) is 6.42 Å². The molecule has 1 atom stereocenters. The Bertz CT molecular complexity index is 215. The van der Waals surface area contributed by atoms with Gasteiger partial charge in [0, 0.05) is 18.2 Å². The van der Waals surface area contributed by atoms with Crippen LogP contribution in [0.15, 0.2) is 4.99 Å². The molecular formula is C8H13F3N2S. The zero-order valence-electron chi connectivity index (χ0n) is 7.90. The first kappa shape index (κ1) is 11.7. The maximum atomic E-state index is 11.8. The highest BCUT2D eigenvalue weighted by atomic mass is 32.2.